The molecule has 0 bridgehead atoms. The minimum Gasteiger partial charge on any atom is -0.481 e. The van der Waals surface area contributed by atoms with Gasteiger partial charge in [-0.25, -0.2) is 0 Å². The fourth-order valence-electron chi connectivity index (χ4n) is 3.39. The van der Waals surface area contributed by atoms with E-state index < -0.39 is 5.97 Å². The van der Waals surface area contributed by atoms with Crippen molar-refractivity contribution in [3.05, 3.63) is 33.4 Å². The topological polar surface area (TPSA) is 37.3 Å². The molecule has 0 fully saturated rings. The maximum Gasteiger partial charge on any atom is 0.310 e. The first-order valence-electron chi connectivity index (χ1n) is 10.0. The zero-order valence-electron chi connectivity index (χ0n) is 16.0. The summed E-state index contributed by atoms with van der Waals surface area (Å²) >= 11 is 2.25. The lowest BCUT2D eigenvalue weighted by atomic mass is 9.92. The van der Waals surface area contributed by atoms with Gasteiger partial charge in [0.1, 0.15) is 0 Å². The lowest BCUT2D eigenvalue weighted by molar-refractivity contribution is -0.139. The van der Waals surface area contributed by atoms with Crippen LogP contribution in [0.15, 0.2) is 24.3 Å². The number of carboxylic acid groups (broad SMARTS) is 1. The van der Waals surface area contributed by atoms with E-state index in [-0.39, 0.29) is 5.92 Å². The fourth-order valence-corrected chi connectivity index (χ4v) is 3.75. The van der Waals surface area contributed by atoms with E-state index in [1.807, 2.05) is 24.3 Å². The van der Waals surface area contributed by atoms with Crippen molar-refractivity contribution in [2.45, 2.75) is 90.4 Å². The van der Waals surface area contributed by atoms with Crippen molar-refractivity contribution < 1.29 is 9.90 Å². The number of hydrogen-bond acceptors (Lipinski definition) is 1. The van der Waals surface area contributed by atoms with Gasteiger partial charge in [-0.3, -0.25) is 4.79 Å². The molecule has 0 saturated heterocycles. The van der Waals surface area contributed by atoms with E-state index in [4.69, 9.17) is 0 Å². The Morgan fingerprint density at radius 3 is 1.96 bits per heavy atom. The molecule has 0 aromatic heterocycles. The van der Waals surface area contributed by atoms with Gasteiger partial charge in [0.05, 0.1) is 5.92 Å². The van der Waals surface area contributed by atoms with Crippen LogP contribution in [-0.4, -0.2) is 11.1 Å². The summed E-state index contributed by atoms with van der Waals surface area (Å²) in [5.74, 6) is -0.202. The molecule has 0 amide bonds. The summed E-state index contributed by atoms with van der Waals surface area (Å²) in [6.07, 6.45) is 13.6. The molecule has 2 atom stereocenters. The lowest BCUT2D eigenvalue weighted by Gasteiger charge is -2.13. The molecular formula is C22H35IO2. The minimum absolute atomic E-state index is 0.352. The average Bonchev–Trinajstić information content (AvgIpc) is 2.59. The van der Waals surface area contributed by atoms with E-state index in [0.29, 0.717) is 0 Å². The second-order valence-electron chi connectivity index (χ2n) is 7.39. The molecule has 2 unspecified atom stereocenters. The van der Waals surface area contributed by atoms with Gasteiger partial charge in [-0.05, 0) is 52.6 Å². The molecule has 0 heterocycles. The van der Waals surface area contributed by atoms with Gasteiger partial charge in [0.15, 0.2) is 0 Å². The van der Waals surface area contributed by atoms with Crippen LogP contribution in [0, 0.1) is 9.49 Å². The smallest absolute Gasteiger partial charge is 0.310 e. The van der Waals surface area contributed by atoms with Crippen LogP contribution in [0.5, 0.6) is 0 Å². The van der Waals surface area contributed by atoms with Gasteiger partial charge in [0.25, 0.3) is 0 Å². The van der Waals surface area contributed by atoms with E-state index >= 15 is 0 Å². The summed E-state index contributed by atoms with van der Waals surface area (Å²) in [7, 11) is 0. The van der Waals surface area contributed by atoms with Crippen LogP contribution in [0.25, 0.3) is 0 Å². The molecular weight excluding hydrogens is 423 g/mol. The molecule has 1 rings (SSSR count). The molecule has 3 heteroatoms. The third kappa shape index (κ3) is 10.2. The van der Waals surface area contributed by atoms with Crippen LogP contribution in [0.2, 0.25) is 0 Å². The van der Waals surface area contributed by atoms with Crippen molar-refractivity contribution in [1.29, 1.82) is 0 Å². The van der Waals surface area contributed by atoms with E-state index in [0.717, 1.165) is 34.3 Å². The van der Waals surface area contributed by atoms with Crippen molar-refractivity contribution in [3.63, 3.8) is 0 Å². The van der Waals surface area contributed by atoms with Crippen LogP contribution < -0.4 is 0 Å². The Labute approximate surface area is 167 Å². The monoisotopic (exact) mass is 458 g/mol. The van der Waals surface area contributed by atoms with Crippen molar-refractivity contribution in [2.75, 3.05) is 0 Å². The summed E-state index contributed by atoms with van der Waals surface area (Å²) < 4.78 is 1.15. The molecule has 142 valence electrons. The van der Waals surface area contributed by atoms with Gasteiger partial charge in [0.2, 0.25) is 0 Å². The second kappa shape index (κ2) is 13.6. The summed E-state index contributed by atoms with van der Waals surface area (Å²) in [6.45, 7) is 4.64. The second-order valence-corrected chi connectivity index (χ2v) is 8.63. The van der Waals surface area contributed by atoms with Crippen LogP contribution >= 0.6 is 22.6 Å². The summed E-state index contributed by atoms with van der Waals surface area (Å²) in [4.78, 5) is 11.5. The standard InChI is InChI=1S/C22H35IO2/c1-3-4-5-8-11-18(2)12-9-6-7-10-13-21(22(24)25)19-14-16-20(23)17-15-19/h14-18,21H,3-13H2,1-2H3,(H,24,25). The van der Waals surface area contributed by atoms with Crippen molar-refractivity contribution in [2.24, 2.45) is 5.92 Å². The number of aliphatic carboxylic acids is 1. The van der Waals surface area contributed by atoms with E-state index in [1.54, 1.807) is 0 Å². The highest BCUT2D eigenvalue weighted by atomic mass is 127. The molecule has 2 nitrogen and oxygen atoms in total. The maximum atomic E-state index is 11.5. The summed E-state index contributed by atoms with van der Waals surface area (Å²) in [5.41, 5.74) is 0.939. The van der Waals surface area contributed by atoms with Gasteiger partial charge in [-0.15, -0.1) is 0 Å². The molecule has 1 aromatic carbocycles. The van der Waals surface area contributed by atoms with Crippen molar-refractivity contribution in [1.82, 2.24) is 0 Å². The Kier molecular flexibility index (Phi) is 12.2. The predicted octanol–water partition coefficient (Wildman–Crippen LogP) is 7.41. The lowest BCUT2D eigenvalue weighted by Crippen LogP contribution is -2.11. The zero-order chi connectivity index (χ0) is 18.5. The Balaban J connectivity index is 2.16. The number of carboxylic acids is 1. The highest BCUT2D eigenvalue weighted by molar-refractivity contribution is 14.1. The number of benzene rings is 1. The predicted molar refractivity (Wildman–Crippen MR) is 115 cm³/mol. The van der Waals surface area contributed by atoms with Crippen molar-refractivity contribution in [3.8, 4) is 0 Å². The largest absolute Gasteiger partial charge is 0.481 e. The van der Waals surface area contributed by atoms with Gasteiger partial charge in [-0.1, -0.05) is 90.2 Å². The first-order valence-corrected chi connectivity index (χ1v) is 11.1. The first kappa shape index (κ1) is 22.5. The van der Waals surface area contributed by atoms with Crippen molar-refractivity contribution >= 4 is 28.6 Å². The van der Waals surface area contributed by atoms with Gasteiger partial charge in [-0.2, -0.15) is 0 Å². The van der Waals surface area contributed by atoms with Gasteiger partial charge >= 0.3 is 5.97 Å². The molecule has 0 aliphatic heterocycles. The molecule has 0 aliphatic carbocycles. The molecule has 1 N–H and O–H groups in total. The maximum absolute atomic E-state index is 11.5. The number of rotatable bonds is 14. The van der Waals surface area contributed by atoms with Gasteiger partial charge in [0, 0.05) is 3.57 Å². The van der Waals surface area contributed by atoms with E-state index in [1.165, 1.54) is 51.4 Å². The number of unbranched alkanes of at least 4 members (excludes halogenated alkanes) is 6. The van der Waals surface area contributed by atoms with Crippen LogP contribution in [0.1, 0.15) is 96.0 Å². The summed E-state index contributed by atoms with van der Waals surface area (Å²) in [6, 6.07) is 7.91. The Morgan fingerprint density at radius 2 is 1.44 bits per heavy atom. The summed E-state index contributed by atoms with van der Waals surface area (Å²) in [5, 5.41) is 9.49. The highest BCUT2D eigenvalue weighted by Crippen LogP contribution is 2.24. The number of halogens is 1. The number of hydrogen-bond donors (Lipinski definition) is 1. The Hall–Kier alpha value is -0.580. The Morgan fingerprint density at radius 1 is 0.920 bits per heavy atom. The molecule has 0 radical (unpaired) electrons. The molecule has 0 aliphatic rings. The van der Waals surface area contributed by atoms with Gasteiger partial charge < -0.3 is 5.11 Å². The van der Waals surface area contributed by atoms with Crippen LogP contribution in [0.4, 0.5) is 0 Å². The number of carbonyl (C=O) groups is 1. The minimum atomic E-state index is -0.693. The molecule has 0 spiro atoms. The normalized spacial score (nSPS) is 13.6. The average molecular weight is 458 g/mol. The first-order chi connectivity index (χ1) is 12.0. The third-order valence-corrected chi connectivity index (χ3v) is 5.78. The zero-order valence-corrected chi connectivity index (χ0v) is 18.1. The van der Waals surface area contributed by atoms with E-state index in [9.17, 15) is 9.90 Å². The Bertz CT molecular complexity index is 469. The molecule has 25 heavy (non-hydrogen) atoms. The third-order valence-electron chi connectivity index (χ3n) is 5.06. The quantitative estimate of drug-likeness (QED) is 0.233. The van der Waals surface area contributed by atoms with Crippen LogP contribution in [0.3, 0.4) is 0 Å². The van der Waals surface area contributed by atoms with E-state index in [2.05, 4.69) is 36.4 Å². The molecule has 1 aromatic rings. The molecule has 0 saturated carbocycles. The van der Waals surface area contributed by atoms with Crippen LogP contribution in [-0.2, 0) is 4.79 Å². The SMILES string of the molecule is CCCCCCC(C)CCCCCCC(C(=O)O)c1ccc(I)cc1. The highest BCUT2D eigenvalue weighted by Gasteiger charge is 2.19. The fraction of sp³-hybridized carbons (Fsp3) is 0.682.